The van der Waals surface area contributed by atoms with Crippen LogP contribution in [0.1, 0.15) is 53.6 Å². The van der Waals surface area contributed by atoms with Gasteiger partial charge in [-0.15, -0.1) is 0 Å². The third-order valence-electron chi connectivity index (χ3n) is 6.30. The minimum Gasteiger partial charge on any atom is -0.469 e. The molecule has 186 valence electrons. The van der Waals surface area contributed by atoms with Crippen LogP contribution in [-0.2, 0) is 16.1 Å². The fourth-order valence-electron chi connectivity index (χ4n) is 4.36. The number of ketones is 1. The Morgan fingerprint density at radius 3 is 2.50 bits per heavy atom. The molecular weight excluding hydrogens is 452 g/mol. The minimum atomic E-state index is -0.204. The number of ether oxygens (including phenoxy) is 1. The third kappa shape index (κ3) is 6.16. The maximum absolute atomic E-state index is 12.6. The summed E-state index contributed by atoms with van der Waals surface area (Å²) in [6, 6.07) is 18.2. The average molecular weight is 485 g/mol. The molecule has 7 nitrogen and oxygen atoms in total. The zero-order chi connectivity index (χ0) is 25.5. The second-order valence-electron chi connectivity index (χ2n) is 9.13. The number of benzene rings is 2. The van der Waals surface area contributed by atoms with Gasteiger partial charge in [-0.2, -0.15) is 0 Å². The van der Waals surface area contributed by atoms with Crippen LogP contribution >= 0.6 is 0 Å². The van der Waals surface area contributed by atoms with E-state index in [1.807, 2.05) is 31.3 Å². The van der Waals surface area contributed by atoms with Crippen molar-refractivity contribution < 1.29 is 14.3 Å². The number of H-pyrrole nitrogens is 1. The highest BCUT2D eigenvalue weighted by molar-refractivity contribution is 5.97. The number of aryl methyl sites for hydroxylation is 1. The number of hydrogen-bond donors (Lipinski definition) is 1. The van der Waals surface area contributed by atoms with Gasteiger partial charge in [-0.25, -0.2) is 9.97 Å². The summed E-state index contributed by atoms with van der Waals surface area (Å²) in [5.74, 6) is 0.773. The first-order valence-corrected chi connectivity index (χ1v) is 12.3. The van der Waals surface area contributed by atoms with Crippen LogP contribution in [0, 0.1) is 6.92 Å². The fourth-order valence-corrected chi connectivity index (χ4v) is 4.36. The number of nitrogens with one attached hydrogen (secondary N) is 1. The smallest absolute Gasteiger partial charge is 0.305 e. The fraction of sp³-hybridized carbons (Fsp3) is 0.310. The topological polar surface area (TPSA) is 88.2 Å². The van der Waals surface area contributed by atoms with Gasteiger partial charge in [0.2, 0.25) is 0 Å². The van der Waals surface area contributed by atoms with Crippen molar-refractivity contribution in [3.8, 4) is 11.3 Å². The molecule has 36 heavy (non-hydrogen) atoms. The lowest BCUT2D eigenvalue weighted by Crippen LogP contribution is -2.18. The Morgan fingerprint density at radius 1 is 0.972 bits per heavy atom. The summed E-state index contributed by atoms with van der Waals surface area (Å²) in [6.45, 7) is 2.84. The van der Waals surface area contributed by atoms with Crippen LogP contribution in [-0.4, -0.2) is 40.9 Å². The van der Waals surface area contributed by atoms with Crippen molar-refractivity contribution in [1.82, 2.24) is 15.0 Å². The average Bonchev–Trinajstić information content (AvgIpc) is 3.33. The summed E-state index contributed by atoms with van der Waals surface area (Å²) in [5.41, 5.74) is 5.84. The standard InChI is InChI=1S/C29H32N4O3/c1-20-8-7-9-21(16-20)18-33(2)29-24-17-25(32-28(24)30-19-31-29)22-12-14-23(15-13-22)26(34)10-5-4-6-11-27(35)36-3/h7-9,12-17,19H,4-6,10-11,18H2,1-3H3,(H,30,31,32). The zero-order valence-corrected chi connectivity index (χ0v) is 21.1. The number of esters is 1. The number of carbonyl (C=O) groups excluding carboxylic acids is 2. The van der Waals surface area contributed by atoms with Gasteiger partial charge in [0.05, 0.1) is 12.5 Å². The molecule has 0 unspecified atom stereocenters. The van der Waals surface area contributed by atoms with Gasteiger partial charge in [0.1, 0.15) is 17.8 Å². The molecule has 0 radical (unpaired) electrons. The van der Waals surface area contributed by atoms with E-state index in [0.717, 1.165) is 53.9 Å². The number of anilines is 1. The van der Waals surface area contributed by atoms with Crippen molar-refractivity contribution >= 4 is 28.6 Å². The summed E-state index contributed by atoms with van der Waals surface area (Å²) in [5, 5.41) is 0.953. The Bertz CT molecular complexity index is 1340. The quantitative estimate of drug-likeness (QED) is 0.163. The number of carbonyl (C=O) groups is 2. The van der Waals surface area contributed by atoms with E-state index in [1.54, 1.807) is 6.33 Å². The predicted molar refractivity (Wildman–Crippen MR) is 142 cm³/mol. The first-order chi connectivity index (χ1) is 17.4. The van der Waals surface area contributed by atoms with Crippen molar-refractivity contribution in [2.75, 3.05) is 19.1 Å². The highest BCUT2D eigenvalue weighted by atomic mass is 16.5. The Labute approximate surface area is 211 Å². The lowest BCUT2D eigenvalue weighted by Gasteiger charge is -2.19. The van der Waals surface area contributed by atoms with Gasteiger partial charge in [-0.05, 0) is 37.0 Å². The Kier molecular flexibility index (Phi) is 8.10. The lowest BCUT2D eigenvalue weighted by molar-refractivity contribution is -0.140. The van der Waals surface area contributed by atoms with Crippen LogP contribution < -0.4 is 4.90 Å². The van der Waals surface area contributed by atoms with E-state index >= 15 is 0 Å². The lowest BCUT2D eigenvalue weighted by atomic mass is 10.0. The molecule has 7 heteroatoms. The van der Waals surface area contributed by atoms with Gasteiger partial charge >= 0.3 is 5.97 Å². The SMILES string of the molecule is COC(=O)CCCCCC(=O)c1ccc(-c2cc3c(N(C)Cc4cccc(C)c4)ncnc3[nH]2)cc1. The van der Waals surface area contributed by atoms with Gasteiger partial charge in [0.25, 0.3) is 0 Å². The molecule has 1 N–H and O–H groups in total. The van der Waals surface area contributed by atoms with Gasteiger partial charge in [-0.1, -0.05) is 60.5 Å². The first kappa shape index (κ1) is 25.1. The normalized spacial score (nSPS) is 11.0. The predicted octanol–water partition coefficient (Wildman–Crippen LogP) is 5.88. The number of rotatable bonds is 11. The Balaban J connectivity index is 1.42. The Hall–Kier alpha value is -4.00. The number of fused-ring (bicyclic) bond motifs is 1. The van der Waals surface area contributed by atoms with E-state index in [9.17, 15) is 9.59 Å². The first-order valence-electron chi connectivity index (χ1n) is 12.3. The Morgan fingerprint density at radius 2 is 1.75 bits per heavy atom. The summed E-state index contributed by atoms with van der Waals surface area (Å²) in [4.78, 5) is 38.2. The van der Waals surface area contributed by atoms with Crippen LogP contribution in [0.15, 0.2) is 60.9 Å². The summed E-state index contributed by atoms with van der Waals surface area (Å²) in [7, 11) is 3.43. The van der Waals surface area contributed by atoms with Crippen molar-refractivity contribution in [2.45, 2.75) is 45.6 Å². The van der Waals surface area contributed by atoms with Gasteiger partial charge in [0.15, 0.2) is 5.78 Å². The van der Waals surface area contributed by atoms with Crippen molar-refractivity contribution in [1.29, 1.82) is 0 Å². The van der Waals surface area contributed by atoms with E-state index < -0.39 is 0 Å². The summed E-state index contributed by atoms with van der Waals surface area (Å²) >= 11 is 0. The van der Waals surface area contributed by atoms with Crippen LogP contribution in [0.25, 0.3) is 22.3 Å². The molecule has 4 rings (SSSR count). The zero-order valence-electron chi connectivity index (χ0n) is 21.1. The molecule has 4 aromatic rings. The highest BCUT2D eigenvalue weighted by Gasteiger charge is 2.14. The monoisotopic (exact) mass is 484 g/mol. The molecule has 2 aromatic heterocycles. The molecule has 2 aromatic carbocycles. The van der Waals surface area contributed by atoms with Crippen molar-refractivity contribution in [3.63, 3.8) is 0 Å². The van der Waals surface area contributed by atoms with Gasteiger partial charge in [0, 0.05) is 37.7 Å². The van der Waals surface area contributed by atoms with E-state index in [-0.39, 0.29) is 11.8 Å². The number of aromatic nitrogens is 3. The molecule has 0 saturated heterocycles. The molecule has 0 fully saturated rings. The number of Topliss-reactive ketones (excluding diaryl/α,β-unsaturated/α-hetero) is 1. The van der Waals surface area contributed by atoms with Gasteiger partial charge < -0.3 is 14.6 Å². The third-order valence-corrected chi connectivity index (χ3v) is 6.30. The molecule has 0 amide bonds. The van der Waals surface area contributed by atoms with E-state index in [1.165, 1.54) is 18.2 Å². The maximum atomic E-state index is 12.6. The van der Waals surface area contributed by atoms with Crippen molar-refractivity contribution in [2.24, 2.45) is 0 Å². The molecule has 0 bridgehead atoms. The molecule has 0 spiro atoms. The van der Waals surface area contributed by atoms with Crippen LogP contribution in [0.3, 0.4) is 0 Å². The molecular formula is C29H32N4O3. The summed E-state index contributed by atoms with van der Waals surface area (Å²) in [6.07, 6.45) is 4.78. The molecule has 0 atom stereocenters. The highest BCUT2D eigenvalue weighted by Crippen LogP contribution is 2.29. The number of hydrogen-bond acceptors (Lipinski definition) is 6. The number of methoxy groups -OCH3 is 1. The second-order valence-corrected chi connectivity index (χ2v) is 9.13. The summed E-state index contributed by atoms with van der Waals surface area (Å²) < 4.78 is 4.64. The second kappa shape index (κ2) is 11.6. The van der Waals surface area contributed by atoms with E-state index in [2.05, 4.69) is 61.8 Å². The van der Waals surface area contributed by atoms with Crippen molar-refractivity contribution in [3.05, 3.63) is 77.6 Å². The largest absolute Gasteiger partial charge is 0.469 e. The molecule has 2 heterocycles. The van der Waals surface area contributed by atoms with Crippen LogP contribution in [0.2, 0.25) is 0 Å². The van der Waals surface area contributed by atoms with Crippen LogP contribution in [0.5, 0.6) is 0 Å². The van der Waals surface area contributed by atoms with Gasteiger partial charge in [-0.3, -0.25) is 9.59 Å². The van der Waals surface area contributed by atoms with E-state index in [4.69, 9.17) is 0 Å². The minimum absolute atomic E-state index is 0.113. The molecule has 0 aliphatic carbocycles. The van der Waals surface area contributed by atoms with E-state index in [0.29, 0.717) is 18.4 Å². The molecule has 0 aliphatic rings. The number of unbranched alkanes of at least 4 members (excludes halogenated alkanes) is 2. The molecule has 0 saturated carbocycles. The van der Waals surface area contributed by atoms with Crippen LogP contribution in [0.4, 0.5) is 5.82 Å². The maximum Gasteiger partial charge on any atom is 0.305 e. The number of aromatic amines is 1. The molecule has 0 aliphatic heterocycles. The number of nitrogens with zero attached hydrogens (tertiary/aromatic N) is 3.